The van der Waals surface area contributed by atoms with E-state index in [1.165, 1.54) is 0 Å². The van der Waals surface area contributed by atoms with Crippen molar-refractivity contribution in [3.05, 3.63) is 64.2 Å². The average molecular weight is 304 g/mol. The highest BCUT2D eigenvalue weighted by Gasteiger charge is 2.07. The molecule has 0 aromatic heterocycles. The van der Waals surface area contributed by atoms with Crippen LogP contribution in [0, 0.1) is 13.8 Å². The van der Waals surface area contributed by atoms with Crippen LogP contribution in [0.2, 0.25) is 5.02 Å². The van der Waals surface area contributed by atoms with Gasteiger partial charge in [0.1, 0.15) is 6.54 Å². The summed E-state index contributed by atoms with van der Waals surface area (Å²) < 4.78 is 0. The van der Waals surface area contributed by atoms with Gasteiger partial charge in [0.05, 0.1) is 0 Å². The smallest absolute Gasteiger partial charge is 0.279 e. The lowest BCUT2D eigenvalue weighted by molar-refractivity contribution is -0.659. The largest absolute Gasteiger partial charge is 0.335 e. The van der Waals surface area contributed by atoms with Crippen molar-refractivity contribution in [2.24, 2.45) is 0 Å². The number of benzene rings is 2. The molecule has 0 aliphatic heterocycles. The third kappa shape index (κ3) is 4.88. The molecule has 3 nitrogen and oxygen atoms in total. The maximum Gasteiger partial charge on any atom is 0.279 e. The molecule has 110 valence electrons. The molecule has 2 aromatic carbocycles. The van der Waals surface area contributed by atoms with Gasteiger partial charge < -0.3 is 10.6 Å². The van der Waals surface area contributed by atoms with Crippen LogP contribution in [0.5, 0.6) is 0 Å². The summed E-state index contributed by atoms with van der Waals surface area (Å²) in [5, 5.41) is 5.66. The zero-order chi connectivity index (χ0) is 15.2. The topological polar surface area (TPSA) is 45.7 Å². The number of quaternary nitrogens is 1. The van der Waals surface area contributed by atoms with Gasteiger partial charge in [-0.1, -0.05) is 35.9 Å². The van der Waals surface area contributed by atoms with E-state index >= 15 is 0 Å². The van der Waals surface area contributed by atoms with Crippen molar-refractivity contribution in [3.63, 3.8) is 0 Å². The molecule has 4 heteroatoms. The van der Waals surface area contributed by atoms with E-state index in [2.05, 4.69) is 5.32 Å². The molecule has 0 spiro atoms. The molecule has 0 saturated heterocycles. The van der Waals surface area contributed by atoms with Gasteiger partial charge in [0.15, 0.2) is 6.54 Å². The summed E-state index contributed by atoms with van der Waals surface area (Å²) >= 11 is 5.84. The van der Waals surface area contributed by atoms with Crippen molar-refractivity contribution in [2.45, 2.75) is 20.4 Å². The predicted octanol–water partition coefficient (Wildman–Crippen LogP) is 2.66. The molecule has 0 saturated carbocycles. The summed E-state index contributed by atoms with van der Waals surface area (Å²) in [6, 6.07) is 13.7. The number of halogens is 1. The van der Waals surface area contributed by atoms with Gasteiger partial charge in [-0.15, -0.1) is 0 Å². The number of aryl methyl sites for hydroxylation is 2. The molecular weight excluding hydrogens is 284 g/mol. The van der Waals surface area contributed by atoms with E-state index in [0.29, 0.717) is 6.54 Å². The fourth-order valence-electron chi connectivity index (χ4n) is 2.06. The molecule has 2 rings (SSSR count). The Hall–Kier alpha value is -1.84. The normalized spacial score (nSPS) is 10.4. The minimum atomic E-state index is 0.0117. The third-order valence-corrected chi connectivity index (χ3v) is 3.54. The zero-order valence-electron chi connectivity index (χ0n) is 12.3. The number of carbonyl (C=O) groups is 1. The van der Waals surface area contributed by atoms with Crippen LogP contribution in [0.1, 0.15) is 16.7 Å². The van der Waals surface area contributed by atoms with Gasteiger partial charge in [0.2, 0.25) is 0 Å². The number of rotatable bonds is 5. The maximum absolute atomic E-state index is 12.0. The lowest BCUT2D eigenvalue weighted by Gasteiger charge is -2.09. The quantitative estimate of drug-likeness (QED) is 0.876. The number of hydrogen-bond donors (Lipinski definition) is 2. The number of carbonyl (C=O) groups excluding carboxylic acids is 1. The third-order valence-electron chi connectivity index (χ3n) is 3.29. The molecule has 0 heterocycles. The summed E-state index contributed by atoms with van der Waals surface area (Å²) in [6.07, 6.45) is 0. The van der Waals surface area contributed by atoms with E-state index in [0.717, 1.165) is 33.9 Å². The van der Waals surface area contributed by atoms with Crippen LogP contribution >= 0.6 is 11.6 Å². The molecule has 0 radical (unpaired) electrons. The summed E-state index contributed by atoms with van der Waals surface area (Å²) in [7, 11) is 0. The fourth-order valence-corrected chi connectivity index (χ4v) is 2.19. The first-order valence-corrected chi connectivity index (χ1v) is 7.35. The lowest BCUT2D eigenvalue weighted by atomic mass is 10.1. The summed E-state index contributed by atoms with van der Waals surface area (Å²) in [5.74, 6) is 0.0117. The second-order valence-electron chi connectivity index (χ2n) is 5.19. The van der Waals surface area contributed by atoms with Crippen molar-refractivity contribution in [2.75, 3.05) is 11.9 Å². The van der Waals surface area contributed by atoms with Crippen LogP contribution in [-0.4, -0.2) is 12.5 Å². The maximum atomic E-state index is 12.0. The van der Waals surface area contributed by atoms with Crippen LogP contribution in [-0.2, 0) is 11.3 Å². The van der Waals surface area contributed by atoms with Crippen molar-refractivity contribution < 1.29 is 10.1 Å². The summed E-state index contributed by atoms with van der Waals surface area (Å²) in [4.78, 5) is 12.0. The second kappa shape index (κ2) is 7.25. The second-order valence-corrected chi connectivity index (χ2v) is 5.63. The SMILES string of the molecule is Cc1ccc(C)c(NC(=O)C[NH2+]Cc2ccc(Cl)cc2)c1. The highest BCUT2D eigenvalue weighted by Crippen LogP contribution is 2.15. The summed E-state index contributed by atoms with van der Waals surface area (Å²) in [6.45, 7) is 5.17. The Labute approximate surface area is 130 Å². The van der Waals surface area contributed by atoms with Crippen LogP contribution in [0.4, 0.5) is 5.69 Å². The van der Waals surface area contributed by atoms with E-state index in [1.54, 1.807) is 0 Å². The Kier molecular flexibility index (Phi) is 5.37. The zero-order valence-corrected chi connectivity index (χ0v) is 13.1. The summed E-state index contributed by atoms with van der Waals surface area (Å²) in [5.41, 5.74) is 4.26. The molecule has 2 aromatic rings. The van der Waals surface area contributed by atoms with E-state index in [-0.39, 0.29) is 5.91 Å². The predicted molar refractivity (Wildman–Crippen MR) is 86.5 cm³/mol. The number of nitrogens with one attached hydrogen (secondary N) is 1. The van der Waals surface area contributed by atoms with Crippen LogP contribution in [0.3, 0.4) is 0 Å². The number of amides is 1. The number of anilines is 1. The van der Waals surface area contributed by atoms with Crippen molar-refractivity contribution >= 4 is 23.2 Å². The van der Waals surface area contributed by atoms with Crippen molar-refractivity contribution in [3.8, 4) is 0 Å². The highest BCUT2D eigenvalue weighted by molar-refractivity contribution is 6.30. The Morgan fingerprint density at radius 2 is 1.86 bits per heavy atom. The van der Waals surface area contributed by atoms with Gasteiger partial charge in [-0.05, 0) is 43.2 Å². The number of nitrogens with two attached hydrogens (primary N) is 1. The molecule has 0 aliphatic carbocycles. The van der Waals surface area contributed by atoms with Gasteiger partial charge in [0, 0.05) is 16.3 Å². The lowest BCUT2D eigenvalue weighted by Crippen LogP contribution is -2.84. The molecule has 0 unspecified atom stereocenters. The minimum Gasteiger partial charge on any atom is -0.335 e. The molecule has 0 aliphatic rings. The molecule has 1 amide bonds. The molecule has 21 heavy (non-hydrogen) atoms. The first kappa shape index (κ1) is 15.5. The van der Waals surface area contributed by atoms with Crippen molar-refractivity contribution in [1.82, 2.24) is 0 Å². The molecule has 0 bridgehead atoms. The van der Waals surface area contributed by atoms with Crippen molar-refractivity contribution in [1.29, 1.82) is 0 Å². The van der Waals surface area contributed by atoms with Gasteiger partial charge in [0.25, 0.3) is 5.91 Å². The Balaban J connectivity index is 1.82. The fraction of sp³-hybridized carbons (Fsp3) is 0.235. The minimum absolute atomic E-state index is 0.0117. The van der Waals surface area contributed by atoms with Gasteiger partial charge in [-0.25, -0.2) is 0 Å². The monoisotopic (exact) mass is 303 g/mol. The van der Waals surface area contributed by atoms with E-state index < -0.39 is 0 Å². The van der Waals surface area contributed by atoms with Crippen LogP contribution < -0.4 is 10.6 Å². The Bertz CT molecular complexity index is 623. The first-order chi connectivity index (χ1) is 10.0. The number of hydrogen-bond acceptors (Lipinski definition) is 1. The van der Waals surface area contributed by atoms with Crippen LogP contribution in [0.15, 0.2) is 42.5 Å². The van der Waals surface area contributed by atoms with Gasteiger partial charge in [-0.3, -0.25) is 4.79 Å². The Morgan fingerprint density at radius 3 is 2.57 bits per heavy atom. The highest BCUT2D eigenvalue weighted by atomic mass is 35.5. The van der Waals surface area contributed by atoms with E-state index in [1.807, 2.05) is 61.6 Å². The van der Waals surface area contributed by atoms with Gasteiger partial charge >= 0.3 is 0 Å². The molecule has 0 atom stereocenters. The van der Waals surface area contributed by atoms with Crippen LogP contribution in [0.25, 0.3) is 0 Å². The Morgan fingerprint density at radius 1 is 1.14 bits per heavy atom. The van der Waals surface area contributed by atoms with E-state index in [4.69, 9.17) is 11.6 Å². The van der Waals surface area contributed by atoms with E-state index in [9.17, 15) is 4.79 Å². The molecular formula is C17H20ClN2O+. The first-order valence-electron chi connectivity index (χ1n) is 6.98. The standard InChI is InChI=1S/C17H19ClN2O/c1-12-3-4-13(2)16(9-12)20-17(21)11-19-10-14-5-7-15(18)8-6-14/h3-9,19H,10-11H2,1-2H3,(H,20,21)/p+1. The average Bonchev–Trinajstić information content (AvgIpc) is 2.45. The molecule has 0 fully saturated rings. The molecule has 3 N–H and O–H groups in total. The van der Waals surface area contributed by atoms with Gasteiger partial charge in [-0.2, -0.15) is 0 Å².